The van der Waals surface area contributed by atoms with E-state index in [9.17, 15) is 24.4 Å². The molecule has 0 saturated heterocycles. The van der Waals surface area contributed by atoms with Crippen LogP contribution in [-0.2, 0) is 61.0 Å². The Morgan fingerprint density at radius 2 is 1.14 bits per heavy atom. The zero-order chi connectivity index (χ0) is 34.5. The zero-order valence-electron chi connectivity index (χ0n) is 26.5. The SMILES string of the molecule is O=C1N(Cc2cn(CO[P+](=O)OCn3cc(CN4C(=O)C(O)(C#CC5CC5)c5ccccc54)nn3)nn2)c2ccccc2C1(O)C#CC1CC1. The summed E-state index contributed by atoms with van der Waals surface area (Å²) >= 11 is 0. The Hall–Kier alpha value is -5.28. The molecule has 252 valence electrons. The van der Waals surface area contributed by atoms with Crippen LogP contribution < -0.4 is 9.80 Å². The van der Waals surface area contributed by atoms with Gasteiger partial charge >= 0.3 is 8.25 Å². The summed E-state index contributed by atoms with van der Waals surface area (Å²) in [5.74, 6) is 10.9. The van der Waals surface area contributed by atoms with Crippen LogP contribution in [0.3, 0.4) is 0 Å². The van der Waals surface area contributed by atoms with Gasteiger partial charge in [-0.2, -0.15) is 0 Å². The molecule has 4 aliphatic rings. The molecule has 0 bridgehead atoms. The first-order chi connectivity index (χ1) is 24.2. The Morgan fingerprint density at radius 3 is 1.56 bits per heavy atom. The molecule has 2 N–H and O–H groups in total. The van der Waals surface area contributed by atoms with Gasteiger partial charge < -0.3 is 20.0 Å². The van der Waals surface area contributed by atoms with E-state index in [1.54, 1.807) is 48.5 Å². The van der Waals surface area contributed by atoms with Crippen LogP contribution in [0.4, 0.5) is 11.4 Å². The maximum absolute atomic E-state index is 13.4. The molecule has 2 aliphatic carbocycles. The van der Waals surface area contributed by atoms with Crippen LogP contribution in [-0.4, -0.2) is 52.0 Å². The molecule has 2 aromatic heterocycles. The molecule has 2 aliphatic heterocycles. The number of hydrogen-bond donors (Lipinski definition) is 2. The van der Waals surface area contributed by atoms with Crippen molar-refractivity contribution in [1.29, 1.82) is 0 Å². The zero-order valence-corrected chi connectivity index (χ0v) is 27.4. The largest absolute Gasteiger partial charge is 0.701 e. The number of aromatic nitrogens is 6. The number of benzene rings is 2. The van der Waals surface area contributed by atoms with Crippen LogP contribution in [0, 0.1) is 35.5 Å². The van der Waals surface area contributed by atoms with Crippen molar-refractivity contribution >= 4 is 31.4 Å². The van der Waals surface area contributed by atoms with Gasteiger partial charge in [-0.25, -0.2) is 9.36 Å². The predicted molar refractivity (Wildman–Crippen MR) is 174 cm³/mol. The molecule has 50 heavy (non-hydrogen) atoms. The summed E-state index contributed by atoms with van der Waals surface area (Å²) in [4.78, 5) is 29.5. The van der Waals surface area contributed by atoms with Gasteiger partial charge in [0.15, 0.2) is 13.5 Å². The Balaban J connectivity index is 0.845. The van der Waals surface area contributed by atoms with Crippen molar-refractivity contribution in [3.05, 3.63) is 83.4 Å². The second kappa shape index (κ2) is 12.6. The van der Waals surface area contributed by atoms with Crippen LogP contribution >= 0.6 is 8.25 Å². The summed E-state index contributed by atoms with van der Waals surface area (Å²) in [5, 5.41) is 38.7. The Labute approximate surface area is 286 Å². The van der Waals surface area contributed by atoms with E-state index in [1.165, 1.54) is 31.6 Å². The highest BCUT2D eigenvalue weighted by Gasteiger charge is 2.50. The number of hydrogen-bond acceptors (Lipinski definition) is 11. The molecular formula is C34H30N8O7P+. The van der Waals surface area contributed by atoms with Crippen molar-refractivity contribution in [2.24, 2.45) is 11.8 Å². The number of nitrogens with zero attached hydrogens (tertiary/aromatic N) is 8. The molecular weight excluding hydrogens is 663 g/mol. The highest BCUT2D eigenvalue weighted by molar-refractivity contribution is 7.33. The lowest BCUT2D eigenvalue weighted by atomic mass is 9.96. The molecule has 2 fully saturated rings. The molecule has 16 heteroatoms. The average Bonchev–Trinajstić information content (AvgIpc) is 4.03. The van der Waals surface area contributed by atoms with Crippen LogP contribution in [0.5, 0.6) is 0 Å². The first kappa shape index (κ1) is 32.0. The quantitative estimate of drug-likeness (QED) is 0.184. The van der Waals surface area contributed by atoms with Gasteiger partial charge in [-0.3, -0.25) is 9.59 Å². The molecule has 2 saturated carbocycles. The van der Waals surface area contributed by atoms with Crippen LogP contribution in [0.2, 0.25) is 0 Å². The third-order valence-corrected chi connectivity index (χ3v) is 9.40. The maximum Gasteiger partial charge on any atom is 0.701 e. The van der Waals surface area contributed by atoms with Crippen molar-refractivity contribution in [2.45, 2.75) is 63.4 Å². The molecule has 2 amide bonds. The highest BCUT2D eigenvalue weighted by Crippen LogP contribution is 2.42. The first-order valence-corrected chi connectivity index (χ1v) is 17.1. The standard InChI is InChI=1S/C34H30N8O7P/c43-31-33(45,15-13-23-9-10-23)27-5-1-3-7-29(27)41(31)19-25-17-39(37-35-25)21-48-50(47)49-22-40-18-26(36-38-40)20-42-30-8-4-2-6-28(30)34(46,32(42)44)16-14-24-11-12-24/h1-8,17-18,23-24,45-46H,9-12,19-22H2/q+1. The van der Waals surface area contributed by atoms with Gasteiger partial charge in [-0.1, -0.05) is 79.6 Å². The number of amides is 2. The van der Waals surface area contributed by atoms with Crippen molar-refractivity contribution in [3.8, 4) is 23.7 Å². The van der Waals surface area contributed by atoms with E-state index in [-0.39, 0.29) is 38.4 Å². The Kier molecular flexibility index (Phi) is 8.02. The van der Waals surface area contributed by atoms with E-state index < -0.39 is 31.3 Å². The van der Waals surface area contributed by atoms with Gasteiger partial charge in [0.1, 0.15) is 11.4 Å². The van der Waals surface area contributed by atoms with E-state index in [1.807, 2.05) is 0 Å². The topological polar surface area (TPSA) is 178 Å². The second-order valence-electron chi connectivity index (χ2n) is 12.6. The smallest absolute Gasteiger partial charge is 0.366 e. The van der Waals surface area contributed by atoms with Gasteiger partial charge in [0, 0.05) is 27.5 Å². The molecule has 2 aromatic carbocycles. The van der Waals surface area contributed by atoms with Crippen molar-refractivity contribution in [3.63, 3.8) is 0 Å². The highest BCUT2D eigenvalue weighted by atomic mass is 31.1. The molecule has 4 aromatic rings. The van der Waals surface area contributed by atoms with Crippen molar-refractivity contribution in [1.82, 2.24) is 30.0 Å². The van der Waals surface area contributed by atoms with E-state index in [0.717, 1.165) is 25.7 Å². The molecule has 15 nitrogen and oxygen atoms in total. The van der Waals surface area contributed by atoms with Gasteiger partial charge in [-0.15, -0.1) is 10.2 Å². The van der Waals surface area contributed by atoms with Gasteiger partial charge in [0.05, 0.1) is 36.9 Å². The lowest BCUT2D eigenvalue weighted by Gasteiger charge is -2.17. The van der Waals surface area contributed by atoms with E-state index in [2.05, 4.69) is 44.3 Å². The van der Waals surface area contributed by atoms with Crippen LogP contribution in [0.25, 0.3) is 0 Å². The van der Waals surface area contributed by atoms with Crippen molar-refractivity contribution in [2.75, 3.05) is 9.80 Å². The monoisotopic (exact) mass is 693 g/mol. The van der Waals surface area contributed by atoms with E-state index >= 15 is 0 Å². The number of carbonyl (C=O) groups excluding carboxylic acids is 2. The summed E-state index contributed by atoms with van der Waals surface area (Å²) in [7, 11) is -2.61. The fraction of sp³-hybridized carbons (Fsp3) is 0.353. The fourth-order valence-corrected chi connectivity index (χ4v) is 6.32. The third-order valence-electron chi connectivity index (χ3n) is 8.75. The number of carbonyl (C=O) groups is 2. The number of aliphatic hydroxyl groups is 2. The minimum atomic E-state index is -2.61. The molecule has 4 heterocycles. The minimum absolute atomic E-state index is 0.0301. The van der Waals surface area contributed by atoms with Gasteiger partial charge in [0.25, 0.3) is 11.8 Å². The van der Waals surface area contributed by atoms with Crippen LogP contribution in [0.1, 0.15) is 48.2 Å². The fourth-order valence-electron chi connectivity index (χ4n) is 5.82. The van der Waals surface area contributed by atoms with E-state index in [0.29, 0.717) is 33.9 Å². The lowest BCUT2D eigenvalue weighted by Crippen LogP contribution is -2.39. The molecule has 0 radical (unpaired) electrons. The molecule has 8 rings (SSSR count). The third kappa shape index (κ3) is 6.07. The molecule has 2 atom stereocenters. The molecule has 0 spiro atoms. The number of anilines is 2. The number of fused-ring (bicyclic) bond motifs is 2. The average molecular weight is 694 g/mol. The Bertz CT molecular complexity index is 2010. The Morgan fingerprint density at radius 1 is 0.720 bits per heavy atom. The first-order valence-electron chi connectivity index (χ1n) is 16.1. The van der Waals surface area contributed by atoms with Gasteiger partial charge in [-0.05, 0) is 37.8 Å². The van der Waals surface area contributed by atoms with Crippen LogP contribution in [0.15, 0.2) is 60.9 Å². The number of rotatable bonds is 10. The summed E-state index contributed by atoms with van der Waals surface area (Å²) < 4.78 is 25.7. The summed E-state index contributed by atoms with van der Waals surface area (Å²) in [6.07, 6.45) is 6.93. The summed E-state index contributed by atoms with van der Waals surface area (Å²) in [6, 6.07) is 13.9. The number of para-hydroxylation sites is 2. The molecule has 2 unspecified atom stereocenters. The minimum Gasteiger partial charge on any atom is -0.366 e. The normalized spacial score (nSPS) is 22.5. The lowest BCUT2D eigenvalue weighted by molar-refractivity contribution is -0.131. The van der Waals surface area contributed by atoms with E-state index in [4.69, 9.17) is 9.05 Å². The van der Waals surface area contributed by atoms with Gasteiger partial charge in [0.2, 0.25) is 11.2 Å². The summed E-state index contributed by atoms with van der Waals surface area (Å²) in [6.45, 7) is -0.449. The summed E-state index contributed by atoms with van der Waals surface area (Å²) in [5.41, 5.74) is -1.08. The van der Waals surface area contributed by atoms with Crippen molar-refractivity contribution < 1.29 is 33.4 Å². The second-order valence-corrected chi connectivity index (χ2v) is 13.5. The predicted octanol–water partition coefficient (Wildman–Crippen LogP) is 2.47. The maximum atomic E-state index is 13.4.